The van der Waals surface area contributed by atoms with Crippen molar-refractivity contribution in [2.24, 2.45) is 0 Å². The summed E-state index contributed by atoms with van der Waals surface area (Å²) >= 11 is 0. The fraction of sp³-hybridized carbons (Fsp3) is 0.200. The van der Waals surface area contributed by atoms with Crippen molar-refractivity contribution < 1.29 is 5.11 Å². The summed E-state index contributed by atoms with van der Waals surface area (Å²) in [5.41, 5.74) is 16.1. The van der Waals surface area contributed by atoms with Crippen molar-refractivity contribution in [2.45, 2.75) is 6.54 Å². The molecule has 0 aliphatic heterocycles. The van der Waals surface area contributed by atoms with E-state index in [2.05, 4.69) is 10.6 Å². The molecule has 0 aromatic heterocycles. The van der Waals surface area contributed by atoms with Crippen molar-refractivity contribution in [3.05, 3.63) is 48.0 Å². The van der Waals surface area contributed by atoms with Gasteiger partial charge in [-0.05, 0) is 42.0 Å². The zero-order valence-electron chi connectivity index (χ0n) is 11.3. The Bertz CT molecular complexity index is 572. The molecule has 0 spiro atoms. The van der Waals surface area contributed by atoms with Crippen molar-refractivity contribution in [3.8, 4) is 0 Å². The fourth-order valence-corrected chi connectivity index (χ4v) is 1.91. The van der Waals surface area contributed by atoms with Crippen molar-refractivity contribution in [2.75, 3.05) is 35.3 Å². The fourth-order valence-electron chi connectivity index (χ4n) is 1.91. The van der Waals surface area contributed by atoms with Crippen molar-refractivity contribution >= 4 is 22.7 Å². The Morgan fingerprint density at radius 2 is 1.75 bits per heavy atom. The van der Waals surface area contributed by atoms with Gasteiger partial charge in [-0.15, -0.1) is 0 Å². The maximum Gasteiger partial charge on any atom is 0.0604 e. The molecule has 0 atom stereocenters. The minimum absolute atomic E-state index is 0.0985. The number of hydrogen-bond acceptors (Lipinski definition) is 5. The van der Waals surface area contributed by atoms with Crippen LogP contribution in [-0.4, -0.2) is 18.3 Å². The summed E-state index contributed by atoms with van der Waals surface area (Å²) in [5.74, 6) is 0. The van der Waals surface area contributed by atoms with Gasteiger partial charge in [0.1, 0.15) is 0 Å². The predicted octanol–water partition coefficient (Wildman–Crippen LogP) is 1.87. The van der Waals surface area contributed by atoms with Crippen LogP contribution in [0.1, 0.15) is 5.56 Å². The van der Waals surface area contributed by atoms with Gasteiger partial charge in [0.15, 0.2) is 0 Å². The molecule has 0 amide bonds. The van der Waals surface area contributed by atoms with Gasteiger partial charge in [0.2, 0.25) is 0 Å². The Morgan fingerprint density at radius 1 is 0.950 bits per heavy atom. The van der Waals surface area contributed by atoms with E-state index >= 15 is 0 Å². The van der Waals surface area contributed by atoms with Crippen molar-refractivity contribution in [1.29, 1.82) is 0 Å². The highest BCUT2D eigenvalue weighted by Crippen LogP contribution is 2.20. The summed E-state index contributed by atoms with van der Waals surface area (Å²) in [4.78, 5) is 0. The van der Waals surface area contributed by atoms with Gasteiger partial charge in [-0.1, -0.05) is 6.07 Å². The lowest BCUT2D eigenvalue weighted by molar-refractivity contribution is 0.311. The molecule has 0 aliphatic carbocycles. The molecule has 106 valence electrons. The molecule has 7 N–H and O–H groups in total. The Balaban J connectivity index is 2.04. The molecule has 0 saturated heterocycles. The zero-order chi connectivity index (χ0) is 14.4. The van der Waals surface area contributed by atoms with Crippen LogP contribution in [0.4, 0.5) is 22.7 Å². The molecule has 0 fully saturated rings. The molecule has 0 radical (unpaired) electrons. The smallest absolute Gasteiger partial charge is 0.0604 e. The number of nitrogens with one attached hydrogen (secondary N) is 2. The highest BCUT2D eigenvalue weighted by molar-refractivity contribution is 5.59. The van der Waals surface area contributed by atoms with E-state index in [-0.39, 0.29) is 6.61 Å². The third kappa shape index (κ3) is 3.80. The highest BCUT2D eigenvalue weighted by atomic mass is 16.3. The van der Waals surface area contributed by atoms with Crippen LogP contribution < -0.4 is 22.1 Å². The first-order valence-electron chi connectivity index (χ1n) is 6.51. The van der Waals surface area contributed by atoms with E-state index in [4.69, 9.17) is 16.6 Å². The third-order valence-corrected chi connectivity index (χ3v) is 2.95. The quantitative estimate of drug-likeness (QED) is 0.517. The summed E-state index contributed by atoms with van der Waals surface area (Å²) in [6.07, 6.45) is 0. The van der Waals surface area contributed by atoms with Crippen LogP contribution >= 0.6 is 0 Å². The van der Waals surface area contributed by atoms with Crippen LogP contribution in [0.15, 0.2) is 42.5 Å². The number of anilines is 4. The highest BCUT2D eigenvalue weighted by Gasteiger charge is 2.02. The molecule has 0 heterocycles. The number of benzene rings is 2. The lowest BCUT2D eigenvalue weighted by Crippen LogP contribution is -2.08. The SMILES string of the molecule is Nc1cccc(NCc2cc(NCCO)ccc2N)c1. The monoisotopic (exact) mass is 272 g/mol. The second-order valence-electron chi connectivity index (χ2n) is 4.54. The van der Waals surface area contributed by atoms with E-state index in [1.54, 1.807) is 0 Å². The predicted molar refractivity (Wildman–Crippen MR) is 84.6 cm³/mol. The van der Waals surface area contributed by atoms with Gasteiger partial charge < -0.3 is 27.2 Å². The van der Waals surface area contributed by atoms with E-state index in [1.165, 1.54) is 0 Å². The number of aliphatic hydroxyl groups excluding tert-OH is 1. The van der Waals surface area contributed by atoms with Crippen LogP contribution in [0.25, 0.3) is 0 Å². The van der Waals surface area contributed by atoms with Gasteiger partial charge in [-0.2, -0.15) is 0 Å². The van der Waals surface area contributed by atoms with Gasteiger partial charge >= 0.3 is 0 Å². The van der Waals surface area contributed by atoms with Gasteiger partial charge in [0.05, 0.1) is 6.61 Å². The topological polar surface area (TPSA) is 96.3 Å². The Morgan fingerprint density at radius 3 is 2.50 bits per heavy atom. The molecule has 20 heavy (non-hydrogen) atoms. The maximum atomic E-state index is 8.82. The number of rotatable bonds is 6. The summed E-state index contributed by atoms with van der Waals surface area (Å²) in [6.45, 7) is 1.23. The van der Waals surface area contributed by atoms with E-state index < -0.39 is 0 Å². The molecule has 0 aliphatic rings. The first-order chi connectivity index (χ1) is 9.69. The van der Waals surface area contributed by atoms with E-state index in [0.29, 0.717) is 13.1 Å². The molecule has 0 unspecified atom stereocenters. The summed E-state index contributed by atoms with van der Waals surface area (Å²) in [7, 11) is 0. The molecule has 5 heteroatoms. The minimum atomic E-state index is 0.0985. The molecule has 2 rings (SSSR count). The molecule has 0 saturated carbocycles. The van der Waals surface area contributed by atoms with Crippen LogP contribution in [0.2, 0.25) is 0 Å². The summed E-state index contributed by atoms with van der Waals surface area (Å²) < 4.78 is 0. The normalized spacial score (nSPS) is 10.2. The average Bonchev–Trinajstić information content (AvgIpc) is 2.45. The zero-order valence-corrected chi connectivity index (χ0v) is 11.3. The van der Waals surface area contributed by atoms with E-state index in [1.807, 2.05) is 42.5 Å². The first-order valence-corrected chi connectivity index (χ1v) is 6.51. The van der Waals surface area contributed by atoms with Gasteiger partial charge in [-0.3, -0.25) is 0 Å². The number of hydrogen-bond donors (Lipinski definition) is 5. The van der Waals surface area contributed by atoms with Gasteiger partial charge in [0.25, 0.3) is 0 Å². The Hall–Kier alpha value is -2.40. The molecule has 0 bridgehead atoms. The Kier molecular flexibility index (Phi) is 4.68. The second-order valence-corrected chi connectivity index (χ2v) is 4.54. The first kappa shape index (κ1) is 14.0. The number of aliphatic hydroxyl groups is 1. The van der Waals surface area contributed by atoms with E-state index in [9.17, 15) is 0 Å². The average molecular weight is 272 g/mol. The van der Waals surface area contributed by atoms with Crippen molar-refractivity contribution in [1.82, 2.24) is 0 Å². The minimum Gasteiger partial charge on any atom is -0.399 e. The van der Waals surface area contributed by atoms with E-state index in [0.717, 1.165) is 28.3 Å². The molecule has 5 nitrogen and oxygen atoms in total. The lowest BCUT2D eigenvalue weighted by Gasteiger charge is -2.12. The number of nitrogen functional groups attached to an aromatic ring is 2. The van der Waals surface area contributed by atoms with Crippen LogP contribution in [-0.2, 0) is 6.54 Å². The molecular formula is C15H20N4O. The second kappa shape index (κ2) is 6.68. The Labute approximate surface area is 118 Å². The lowest BCUT2D eigenvalue weighted by atomic mass is 10.1. The third-order valence-electron chi connectivity index (χ3n) is 2.95. The maximum absolute atomic E-state index is 8.82. The number of nitrogens with two attached hydrogens (primary N) is 2. The molecular weight excluding hydrogens is 252 g/mol. The largest absolute Gasteiger partial charge is 0.399 e. The van der Waals surface area contributed by atoms with Crippen LogP contribution in [0.3, 0.4) is 0 Å². The van der Waals surface area contributed by atoms with Gasteiger partial charge in [-0.25, -0.2) is 0 Å². The molecule has 2 aromatic carbocycles. The van der Waals surface area contributed by atoms with Crippen molar-refractivity contribution in [3.63, 3.8) is 0 Å². The molecule has 2 aromatic rings. The van der Waals surface area contributed by atoms with Crippen LogP contribution in [0, 0.1) is 0 Å². The summed E-state index contributed by atoms with van der Waals surface area (Å²) in [6, 6.07) is 13.3. The standard InChI is InChI=1S/C15H20N4O/c16-12-2-1-3-13(9-12)19-10-11-8-14(18-6-7-20)4-5-15(11)17/h1-5,8-9,18-20H,6-7,10,16-17H2. The van der Waals surface area contributed by atoms with Gasteiger partial charge in [0, 0.05) is 35.8 Å². The van der Waals surface area contributed by atoms with Crippen LogP contribution in [0.5, 0.6) is 0 Å². The summed E-state index contributed by atoms with van der Waals surface area (Å²) in [5, 5.41) is 15.2.